The van der Waals surface area contributed by atoms with E-state index in [1.807, 2.05) is 0 Å². The summed E-state index contributed by atoms with van der Waals surface area (Å²) < 4.78 is 5.11. The predicted molar refractivity (Wildman–Crippen MR) is 157 cm³/mol. The topological polar surface area (TPSA) is 190 Å². The number of ether oxygens (including phenoxy) is 1. The van der Waals surface area contributed by atoms with Gasteiger partial charge in [-0.3, -0.25) is 24.0 Å². The van der Waals surface area contributed by atoms with Gasteiger partial charge in [0, 0.05) is 12.6 Å². The lowest BCUT2D eigenvalue weighted by molar-refractivity contribution is -0.143. The molecule has 3 unspecified atom stereocenters. The number of pyridine rings is 1. The molecule has 0 bridgehead atoms. The third-order valence-electron chi connectivity index (χ3n) is 7.79. The molecule has 2 aliphatic rings. The minimum absolute atomic E-state index is 0.127. The molecule has 1 aliphatic heterocycles. The number of nitrogens with zero attached hydrogens (tertiary/aromatic N) is 2. The maximum Gasteiger partial charge on any atom is 0.316 e. The summed E-state index contributed by atoms with van der Waals surface area (Å²) in [7, 11) is 1.44. The average molecular weight is 601 g/mol. The van der Waals surface area contributed by atoms with Gasteiger partial charge in [0.15, 0.2) is 0 Å². The Hall–Kier alpha value is -4.03. The Morgan fingerprint density at radius 3 is 2.28 bits per heavy atom. The summed E-state index contributed by atoms with van der Waals surface area (Å²) in [6.45, 7) is 9.18. The first-order valence-corrected chi connectivity index (χ1v) is 14.7. The van der Waals surface area contributed by atoms with Crippen molar-refractivity contribution in [2.75, 3.05) is 13.7 Å². The Labute approximate surface area is 252 Å². The van der Waals surface area contributed by atoms with E-state index in [9.17, 15) is 28.8 Å². The largest absolute Gasteiger partial charge is 0.481 e. The number of nitrogens with one attached hydrogen (secondary N) is 3. The zero-order chi connectivity index (χ0) is 32.1. The molecular formula is C30H44N6O7. The van der Waals surface area contributed by atoms with Crippen LogP contribution >= 0.6 is 0 Å². The highest BCUT2D eigenvalue weighted by Gasteiger charge is 2.43. The van der Waals surface area contributed by atoms with Crippen molar-refractivity contribution < 1.29 is 33.5 Å². The van der Waals surface area contributed by atoms with Gasteiger partial charge in [-0.25, -0.2) is 9.78 Å². The van der Waals surface area contributed by atoms with Crippen LogP contribution in [-0.2, 0) is 19.2 Å². The van der Waals surface area contributed by atoms with Gasteiger partial charge >= 0.3 is 6.03 Å². The van der Waals surface area contributed by atoms with Crippen molar-refractivity contribution in [1.82, 2.24) is 25.8 Å². The second kappa shape index (κ2) is 14.0. The Kier molecular flexibility index (Phi) is 10.9. The first kappa shape index (κ1) is 33.5. The van der Waals surface area contributed by atoms with Gasteiger partial charge < -0.3 is 31.3 Å². The summed E-state index contributed by atoms with van der Waals surface area (Å²) in [5.41, 5.74) is 4.57. The number of nitrogens with two attached hydrogens (primary N) is 1. The number of hydrogen-bond acceptors (Lipinski definition) is 8. The number of aromatic nitrogens is 1. The van der Waals surface area contributed by atoms with Crippen LogP contribution < -0.4 is 26.4 Å². The van der Waals surface area contributed by atoms with Crippen LogP contribution in [0.3, 0.4) is 0 Å². The molecule has 3 rings (SSSR count). The summed E-state index contributed by atoms with van der Waals surface area (Å²) in [5, 5.41) is 8.08. The number of hydrogen-bond donors (Lipinski definition) is 4. The summed E-state index contributed by atoms with van der Waals surface area (Å²) in [5.74, 6) is -3.20. The average Bonchev–Trinajstić information content (AvgIpc) is 3.63. The Bertz CT molecular complexity index is 1240. The number of Topliss-reactive ketones (excluding diaryl/α,β-unsaturated/α-hetero) is 2. The third kappa shape index (κ3) is 8.74. The van der Waals surface area contributed by atoms with E-state index in [2.05, 4.69) is 20.9 Å². The minimum Gasteiger partial charge on any atom is -0.481 e. The first-order chi connectivity index (χ1) is 20.1. The van der Waals surface area contributed by atoms with Crippen molar-refractivity contribution >= 4 is 35.3 Å². The molecule has 1 aliphatic carbocycles. The molecule has 0 aromatic carbocycles. The molecule has 2 fully saturated rings. The van der Waals surface area contributed by atoms with E-state index >= 15 is 0 Å². The van der Waals surface area contributed by atoms with Crippen LogP contribution in [0, 0.1) is 17.3 Å². The molecule has 43 heavy (non-hydrogen) atoms. The molecule has 4 atom stereocenters. The second-order valence-corrected chi connectivity index (χ2v) is 12.7. The zero-order valence-electron chi connectivity index (χ0n) is 25.8. The van der Waals surface area contributed by atoms with Gasteiger partial charge in [-0.15, -0.1) is 0 Å². The number of methoxy groups -OCH3 is 1. The van der Waals surface area contributed by atoms with Crippen LogP contribution in [-0.4, -0.2) is 83.0 Å². The van der Waals surface area contributed by atoms with E-state index in [4.69, 9.17) is 10.5 Å². The fourth-order valence-corrected chi connectivity index (χ4v) is 5.15. The number of ketones is 2. The summed E-state index contributed by atoms with van der Waals surface area (Å²) >= 11 is 0. The van der Waals surface area contributed by atoms with Crippen LogP contribution in [0.4, 0.5) is 4.79 Å². The maximum absolute atomic E-state index is 13.9. The molecule has 0 radical (unpaired) electrons. The van der Waals surface area contributed by atoms with Gasteiger partial charge in [0.25, 0.3) is 5.91 Å². The van der Waals surface area contributed by atoms with E-state index in [0.29, 0.717) is 19.3 Å². The molecular weight excluding hydrogens is 556 g/mol. The Balaban J connectivity index is 1.74. The van der Waals surface area contributed by atoms with Gasteiger partial charge in [0.1, 0.15) is 17.8 Å². The second-order valence-electron chi connectivity index (χ2n) is 12.7. The SMILES string of the molecule is COc1cccc(C(=O)C(NC(=O)NC(C(=O)N2CCC[C@H]2C(=O)NC(CC2CC2)C(=O)C(N)=O)C(C)(C)C)C(C)C)n1. The van der Waals surface area contributed by atoms with Crippen molar-refractivity contribution in [3.05, 3.63) is 23.9 Å². The van der Waals surface area contributed by atoms with Crippen LogP contribution in [0.1, 0.15) is 77.2 Å². The normalized spacial score (nSPS) is 18.8. The van der Waals surface area contributed by atoms with E-state index in [1.54, 1.807) is 46.8 Å². The molecule has 2 heterocycles. The number of carbonyl (C=O) groups is 6. The van der Waals surface area contributed by atoms with Gasteiger partial charge in [-0.1, -0.05) is 53.5 Å². The van der Waals surface area contributed by atoms with Crippen LogP contribution in [0.25, 0.3) is 0 Å². The summed E-state index contributed by atoms with van der Waals surface area (Å²) in [4.78, 5) is 83.2. The van der Waals surface area contributed by atoms with Crippen molar-refractivity contribution in [1.29, 1.82) is 0 Å². The van der Waals surface area contributed by atoms with E-state index < -0.39 is 64.9 Å². The monoisotopic (exact) mass is 600 g/mol. The van der Waals surface area contributed by atoms with Crippen LogP contribution in [0.2, 0.25) is 0 Å². The fourth-order valence-electron chi connectivity index (χ4n) is 5.15. The molecule has 5 N–H and O–H groups in total. The maximum atomic E-state index is 13.9. The smallest absolute Gasteiger partial charge is 0.316 e. The van der Waals surface area contributed by atoms with Crippen molar-refractivity contribution in [3.63, 3.8) is 0 Å². The van der Waals surface area contributed by atoms with Crippen molar-refractivity contribution in [3.8, 4) is 5.88 Å². The highest BCUT2D eigenvalue weighted by Crippen LogP contribution is 2.34. The molecule has 1 aromatic heterocycles. The van der Waals surface area contributed by atoms with Crippen LogP contribution in [0.5, 0.6) is 5.88 Å². The van der Waals surface area contributed by atoms with Crippen molar-refractivity contribution in [2.45, 2.75) is 90.9 Å². The number of primary amides is 1. The molecule has 13 heteroatoms. The fraction of sp³-hybridized carbons (Fsp3) is 0.633. The molecule has 1 saturated carbocycles. The highest BCUT2D eigenvalue weighted by atomic mass is 16.5. The number of rotatable bonds is 13. The Morgan fingerprint density at radius 2 is 1.72 bits per heavy atom. The van der Waals surface area contributed by atoms with Gasteiger partial charge in [-0.2, -0.15) is 0 Å². The number of likely N-dealkylation sites (tertiary alicyclic amines) is 1. The Morgan fingerprint density at radius 1 is 1.05 bits per heavy atom. The zero-order valence-corrected chi connectivity index (χ0v) is 25.8. The molecule has 5 amide bonds. The predicted octanol–water partition coefficient (Wildman–Crippen LogP) is 1.34. The standard InChI is InChI=1S/C30H44N6O7/c1-16(2)22(23(37)18-9-7-11-21(32-18)43-6)34-29(42)35-25(30(3,4)5)28(41)36-14-8-10-20(36)27(40)33-19(15-17-12-13-17)24(38)26(31)39/h7,9,11,16-17,19-20,22,25H,8,10,12-15H2,1-6H3,(H2,31,39)(H,33,40)(H2,34,35,42)/t19?,20-,22?,25?/m0/s1. The summed E-state index contributed by atoms with van der Waals surface area (Å²) in [6.07, 6.45) is 3.04. The molecule has 1 saturated heterocycles. The quantitative estimate of drug-likeness (QED) is 0.193. The molecule has 0 spiro atoms. The van der Waals surface area contributed by atoms with Gasteiger partial charge in [0.05, 0.1) is 19.2 Å². The molecule has 236 valence electrons. The van der Waals surface area contributed by atoms with E-state index in [-0.39, 0.29) is 30.0 Å². The highest BCUT2D eigenvalue weighted by molar-refractivity contribution is 6.37. The molecule has 1 aromatic rings. The van der Waals surface area contributed by atoms with Crippen LogP contribution in [0.15, 0.2) is 18.2 Å². The molecule has 13 nitrogen and oxygen atoms in total. The first-order valence-electron chi connectivity index (χ1n) is 14.7. The van der Waals surface area contributed by atoms with E-state index in [1.165, 1.54) is 18.1 Å². The lowest BCUT2D eigenvalue weighted by Gasteiger charge is -2.36. The minimum atomic E-state index is -1.12. The lowest BCUT2D eigenvalue weighted by atomic mass is 9.85. The number of urea groups is 1. The summed E-state index contributed by atoms with van der Waals surface area (Å²) in [6, 6.07) is 0.142. The van der Waals surface area contributed by atoms with Crippen molar-refractivity contribution in [2.24, 2.45) is 23.0 Å². The number of amides is 5. The third-order valence-corrected chi connectivity index (χ3v) is 7.79. The lowest BCUT2D eigenvalue weighted by Crippen LogP contribution is -2.61. The number of carbonyl (C=O) groups excluding carboxylic acids is 6. The van der Waals surface area contributed by atoms with E-state index in [0.717, 1.165) is 12.8 Å². The van der Waals surface area contributed by atoms with Gasteiger partial charge in [-0.05, 0) is 42.6 Å². The van der Waals surface area contributed by atoms with Gasteiger partial charge in [0.2, 0.25) is 29.3 Å².